The number of H-pyrrole nitrogens is 1. The van der Waals surface area contributed by atoms with Gasteiger partial charge in [0.2, 0.25) is 0 Å². The van der Waals surface area contributed by atoms with Gasteiger partial charge >= 0.3 is 0 Å². The summed E-state index contributed by atoms with van der Waals surface area (Å²) in [6, 6.07) is 4.45. The van der Waals surface area contributed by atoms with Crippen LogP contribution in [0.2, 0.25) is 0 Å². The second-order valence-corrected chi connectivity index (χ2v) is 5.77. The third kappa shape index (κ3) is 2.99. The lowest BCUT2D eigenvalue weighted by molar-refractivity contribution is -0.0652. The van der Waals surface area contributed by atoms with Crippen molar-refractivity contribution < 1.29 is 13.9 Å². The van der Waals surface area contributed by atoms with E-state index in [0.717, 1.165) is 18.6 Å². The van der Waals surface area contributed by atoms with Gasteiger partial charge in [0.05, 0.1) is 18.8 Å². The monoisotopic (exact) mass is 290 g/mol. The smallest absolute Gasteiger partial charge is 0.178 e. The first kappa shape index (κ1) is 14.2. The van der Waals surface area contributed by atoms with Gasteiger partial charge in [-0.2, -0.15) is 0 Å². The minimum Gasteiger partial charge on any atom is -0.373 e. The molecule has 0 bridgehead atoms. The number of hydrogen-bond acceptors (Lipinski definition) is 3. The summed E-state index contributed by atoms with van der Waals surface area (Å²) < 4.78 is 19.0. The Morgan fingerprint density at radius 1 is 1.38 bits per heavy atom. The molecule has 0 aliphatic carbocycles. The Morgan fingerprint density at radius 2 is 2.10 bits per heavy atom. The Labute approximate surface area is 122 Å². The van der Waals surface area contributed by atoms with Crippen LogP contribution < -0.4 is 0 Å². The molecule has 0 spiro atoms. The van der Waals surface area contributed by atoms with Gasteiger partial charge in [0, 0.05) is 35.8 Å². The summed E-state index contributed by atoms with van der Waals surface area (Å²) in [4.78, 5) is 17.6. The fraction of sp³-hybridized carbons (Fsp3) is 0.438. The van der Waals surface area contributed by atoms with E-state index >= 15 is 0 Å². The van der Waals surface area contributed by atoms with Crippen LogP contribution in [0.4, 0.5) is 4.39 Å². The molecular weight excluding hydrogens is 271 g/mol. The number of Topliss-reactive ketones (excluding diaryl/α,β-unsaturated/α-hetero) is 1. The summed E-state index contributed by atoms with van der Waals surface area (Å²) in [6.07, 6.45) is 1.92. The summed E-state index contributed by atoms with van der Waals surface area (Å²) in [5.41, 5.74) is 1.33. The first-order valence-electron chi connectivity index (χ1n) is 7.20. The van der Waals surface area contributed by atoms with E-state index in [1.54, 1.807) is 12.3 Å². The summed E-state index contributed by atoms with van der Waals surface area (Å²) in [5.74, 6) is -0.321. The van der Waals surface area contributed by atoms with Crippen molar-refractivity contribution >= 4 is 16.7 Å². The Hall–Kier alpha value is -1.72. The maximum atomic E-state index is 13.4. The maximum absolute atomic E-state index is 13.4. The van der Waals surface area contributed by atoms with Crippen LogP contribution in [0, 0.1) is 5.82 Å². The van der Waals surface area contributed by atoms with E-state index in [4.69, 9.17) is 4.74 Å². The van der Waals surface area contributed by atoms with E-state index in [2.05, 4.69) is 9.88 Å². The van der Waals surface area contributed by atoms with Gasteiger partial charge in [-0.1, -0.05) is 0 Å². The van der Waals surface area contributed by atoms with E-state index in [9.17, 15) is 9.18 Å². The van der Waals surface area contributed by atoms with Crippen molar-refractivity contribution in [2.24, 2.45) is 0 Å². The molecule has 3 rings (SSSR count). The standard InChI is InChI=1S/C16H19FN2O2/c1-10-7-19(8-11(2)21-10)9-16(20)14-6-18-15-4-3-12(17)5-13(14)15/h3-6,10-11,18H,7-9H2,1-2H3/t10-,11-/m0/s1. The van der Waals surface area contributed by atoms with Gasteiger partial charge in [0.25, 0.3) is 0 Å². The second kappa shape index (κ2) is 5.58. The van der Waals surface area contributed by atoms with Gasteiger partial charge in [-0.15, -0.1) is 0 Å². The molecule has 0 unspecified atom stereocenters. The summed E-state index contributed by atoms with van der Waals surface area (Å²) in [6.45, 7) is 5.84. The zero-order valence-electron chi connectivity index (χ0n) is 12.2. The van der Waals surface area contributed by atoms with E-state index in [0.29, 0.717) is 17.5 Å². The maximum Gasteiger partial charge on any atom is 0.178 e. The lowest BCUT2D eigenvalue weighted by Crippen LogP contribution is -2.47. The molecular formula is C16H19FN2O2. The molecule has 0 amide bonds. The minimum absolute atomic E-state index is 0.00755. The molecule has 21 heavy (non-hydrogen) atoms. The van der Waals surface area contributed by atoms with Gasteiger partial charge in [-0.3, -0.25) is 9.69 Å². The third-order valence-electron chi connectivity index (χ3n) is 3.81. The number of nitrogens with zero attached hydrogens (tertiary/aromatic N) is 1. The van der Waals surface area contributed by atoms with Gasteiger partial charge in [-0.25, -0.2) is 4.39 Å². The van der Waals surface area contributed by atoms with Crippen molar-refractivity contribution in [1.29, 1.82) is 0 Å². The van der Waals surface area contributed by atoms with Crippen molar-refractivity contribution in [3.8, 4) is 0 Å². The number of aromatic amines is 1. The molecule has 5 heteroatoms. The Balaban J connectivity index is 1.79. The average Bonchev–Trinajstić information content (AvgIpc) is 2.80. The van der Waals surface area contributed by atoms with Gasteiger partial charge in [0.1, 0.15) is 5.82 Å². The Morgan fingerprint density at radius 3 is 2.81 bits per heavy atom. The van der Waals surface area contributed by atoms with Crippen molar-refractivity contribution in [2.45, 2.75) is 26.1 Å². The lowest BCUT2D eigenvalue weighted by atomic mass is 10.1. The summed E-state index contributed by atoms with van der Waals surface area (Å²) in [7, 11) is 0. The predicted molar refractivity (Wildman–Crippen MR) is 79.0 cm³/mol. The molecule has 1 N–H and O–H groups in total. The molecule has 1 aliphatic heterocycles. The molecule has 1 aromatic carbocycles. The molecule has 2 aromatic rings. The van der Waals surface area contributed by atoms with E-state index in [1.807, 2.05) is 13.8 Å². The van der Waals surface area contributed by atoms with Crippen LogP contribution in [0.15, 0.2) is 24.4 Å². The molecule has 1 saturated heterocycles. The lowest BCUT2D eigenvalue weighted by Gasteiger charge is -2.34. The number of morpholine rings is 1. The number of carbonyl (C=O) groups is 1. The molecule has 1 aromatic heterocycles. The predicted octanol–water partition coefficient (Wildman–Crippen LogP) is 2.60. The number of nitrogens with one attached hydrogen (secondary N) is 1. The highest BCUT2D eigenvalue weighted by molar-refractivity contribution is 6.08. The zero-order chi connectivity index (χ0) is 15.0. The number of ketones is 1. The van der Waals surface area contributed by atoms with Crippen LogP contribution in [0.5, 0.6) is 0 Å². The van der Waals surface area contributed by atoms with Gasteiger partial charge in [0.15, 0.2) is 5.78 Å². The number of halogens is 1. The highest BCUT2D eigenvalue weighted by Crippen LogP contribution is 2.21. The van der Waals surface area contributed by atoms with Crippen molar-refractivity contribution in [3.05, 3.63) is 35.8 Å². The third-order valence-corrected chi connectivity index (χ3v) is 3.81. The summed E-state index contributed by atoms with van der Waals surface area (Å²) >= 11 is 0. The van der Waals surface area contributed by atoms with Gasteiger partial charge in [-0.05, 0) is 32.0 Å². The molecule has 0 radical (unpaired) electrons. The molecule has 4 nitrogen and oxygen atoms in total. The topological polar surface area (TPSA) is 45.3 Å². The second-order valence-electron chi connectivity index (χ2n) is 5.77. The number of ether oxygens (including phenoxy) is 1. The molecule has 112 valence electrons. The molecule has 1 fully saturated rings. The number of aromatic nitrogens is 1. The van der Waals surface area contributed by atoms with Crippen LogP contribution in [0.1, 0.15) is 24.2 Å². The summed E-state index contributed by atoms with van der Waals surface area (Å²) in [5, 5.41) is 0.648. The average molecular weight is 290 g/mol. The number of fused-ring (bicyclic) bond motifs is 1. The number of hydrogen-bond donors (Lipinski definition) is 1. The molecule has 2 atom stereocenters. The van der Waals surface area contributed by atoms with Crippen molar-refractivity contribution in [1.82, 2.24) is 9.88 Å². The number of benzene rings is 1. The highest BCUT2D eigenvalue weighted by Gasteiger charge is 2.24. The molecule has 1 aliphatic rings. The molecule has 0 saturated carbocycles. The zero-order valence-corrected chi connectivity index (χ0v) is 12.2. The largest absolute Gasteiger partial charge is 0.373 e. The minimum atomic E-state index is -0.329. The quantitative estimate of drug-likeness (QED) is 0.884. The fourth-order valence-electron chi connectivity index (χ4n) is 3.03. The first-order chi connectivity index (χ1) is 10.0. The Bertz CT molecular complexity index is 657. The SMILES string of the molecule is C[C@H]1CN(CC(=O)c2c[nH]c3ccc(F)cc23)C[C@H](C)O1. The van der Waals surface area contributed by atoms with Crippen molar-refractivity contribution in [3.63, 3.8) is 0 Å². The van der Waals surface area contributed by atoms with Crippen LogP contribution in [-0.4, -0.2) is 47.5 Å². The van der Waals surface area contributed by atoms with E-state index < -0.39 is 0 Å². The number of carbonyl (C=O) groups excluding carboxylic acids is 1. The van der Waals surface area contributed by atoms with Crippen LogP contribution in [0.25, 0.3) is 10.9 Å². The fourth-order valence-corrected chi connectivity index (χ4v) is 3.03. The van der Waals surface area contributed by atoms with Crippen LogP contribution in [0.3, 0.4) is 0 Å². The first-order valence-corrected chi connectivity index (χ1v) is 7.20. The Kier molecular flexibility index (Phi) is 3.78. The van der Waals surface area contributed by atoms with Crippen LogP contribution in [-0.2, 0) is 4.74 Å². The van der Waals surface area contributed by atoms with Crippen molar-refractivity contribution in [2.75, 3.05) is 19.6 Å². The normalized spacial score (nSPS) is 23.6. The van der Waals surface area contributed by atoms with E-state index in [1.165, 1.54) is 12.1 Å². The van der Waals surface area contributed by atoms with E-state index in [-0.39, 0.29) is 23.8 Å². The van der Waals surface area contributed by atoms with Crippen LogP contribution >= 0.6 is 0 Å². The highest BCUT2D eigenvalue weighted by atomic mass is 19.1. The molecule has 2 heterocycles. The number of rotatable bonds is 3. The van der Waals surface area contributed by atoms with Gasteiger partial charge < -0.3 is 9.72 Å².